The summed E-state index contributed by atoms with van der Waals surface area (Å²) < 4.78 is 12.0. The van der Waals surface area contributed by atoms with Crippen LogP contribution in [0.25, 0.3) is 17.3 Å². The number of furan rings is 1. The highest BCUT2D eigenvalue weighted by Gasteiger charge is 2.23. The van der Waals surface area contributed by atoms with Gasteiger partial charge in [-0.2, -0.15) is 0 Å². The molecule has 0 fully saturated rings. The Balaban J connectivity index is 2.08. The second-order valence-corrected chi connectivity index (χ2v) is 6.63. The molecule has 2 heterocycles. The van der Waals surface area contributed by atoms with Crippen LogP contribution in [0, 0.1) is 0 Å². The summed E-state index contributed by atoms with van der Waals surface area (Å²) in [6.45, 7) is 1.75. The third-order valence-corrected chi connectivity index (χ3v) is 4.51. The Bertz CT molecular complexity index is 848. The van der Waals surface area contributed by atoms with E-state index in [0.29, 0.717) is 21.8 Å². The van der Waals surface area contributed by atoms with Gasteiger partial charge in [-0.3, -0.25) is 9.36 Å². The molecule has 6 nitrogen and oxygen atoms in total. The van der Waals surface area contributed by atoms with Crippen LogP contribution in [0.3, 0.4) is 0 Å². The van der Waals surface area contributed by atoms with Gasteiger partial charge in [-0.25, -0.2) is 0 Å². The maximum Gasteiger partial charge on any atom is 0.318 e. The summed E-state index contributed by atoms with van der Waals surface area (Å²) in [4.78, 5) is 11.7. The second kappa shape index (κ2) is 7.11. The molecule has 0 amide bonds. The van der Waals surface area contributed by atoms with Gasteiger partial charge >= 0.3 is 5.97 Å². The molecule has 1 atom stereocenters. The Labute approximate surface area is 147 Å². The number of hydrogen-bond donors (Lipinski definition) is 0. The first-order valence-corrected chi connectivity index (χ1v) is 8.35. The van der Waals surface area contributed by atoms with E-state index in [0.717, 1.165) is 5.69 Å². The van der Waals surface area contributed by atoms with E-state index in [9.17, 15) is 4.79 Å². The smallest absolute Gasteiger partial charge is 0.318 e. The molecule has 3 aromatic rings. The van der Waals surface area contributed by atoms with Crippen LogP contribution in [0.15, 0.2) is 52.2 Å². The van der Waals surface area contributed by atoms with Crippen molar-refractivity contribution in [1.82, 2.24) is 14.8 Å². The number of aromatic nitrogens is 3. The maximum absolute atomic E-state index is 11.7. The van der Waals surface area contributed by atoms with Crippen molar-refractivity contribution in [1.29, 1.82) is 0 Å². The largest absolute Gasteiger partial charge is 0.468 e. The van der Waals surface area contributed by atoms with E-state index in [1.54, 1.807) is 42.0 Å². The van der Waals surface area contributed by atoms with E-state index in [1.807, 2.05) is 12.1 Å². The van der Waals surface area contributed by atoms with Crippen molar-refractivity contribution in [3.05, 3.63) is 47.7 Å². The van der Waals surface area contributed by atoms with Gasteiger partial charge in [-0.1, -0.05) is 29.4 Å². The van der Waals surface area contributed by atoms with Crippen molar-refractivity contribution in [2.75, 3.05) is 7.11 Å². The van der Waals surface area contributed by atoms with Crippen LogP contribution in [-0.2, 0) is 9.53 Å². The second-order valence-electron chi connectivity index (χ2n) is 4.88. The molecule has 0 radical (unpaired) electrons. The van der Waals surface area contributed by atoms with E-state index in [1.165, 1.54) is 18.9 Å². The minimum Gasteiger partial charge on any atom is -0.468 e. The average molecular weight is 364 g/mol. The number of carbonyl (C=O) groups is 1. The lowest BCUT2D eigenvalue weighted by atomic mass is 10.3. The molecule has 1 aromatic carbocycles. The highest BCUT2D eigenvalue weighted by atomic mass is 35.5. The lowest BCUT2D eigenvalue weighted by Gasteiger charge is -2.12. The van der Waals surface area contributed by atoms with Gasteiger partial charge in [0.15, 0.2) is 10.9 Å². The Morgan fingerprint density at radius 1 is 1.33 bits per heavy atom. The topological polar surface area (TPSA) is 70.2 Å². The normalized spacial score (nSPS) is 12.1. The van der Waals surface area contributed by atoms with Crippen LogP contribution in [0.4, 0.5) is 0 Å². The van der Waals surface area contributed by atoms with Crippen molar-refractivity contribution in [2.24, 2.45) is 0 Å². The van der Waals surface area contributed by atoms with Gasteiger partial charge in [0.2, 0.25) is 5.82 Å². The summed E-state index contributed by atoms with van der Waals surface area (Å²) in [5.41, 5.74) is 0.776. The van der Waals surface area contributed by atoms with E-state index in [2.05, 4.69) is 10.2 Å². The maximum atomic E-state index is 11.7. The minimum atomic E-state index is -0.429. The van der Waals surface area contributed by atoms with Gasteiger partial charge < -0.3 is 9.15 Å². The SMILES string of the molecule is COC(=O)C(C)Sc1nnc(-c2ccco2)n1-c1cccc(Cl)c1. The summed E-state index contributed by atoms with van der Waals surface area (Å²) in [6.07, 6.45) is 1.57. The monoisotopic (exact) mass is 363 g/mol. The van der Waals surface area contributed by atoms with E-state index in [4.69, 9.17) is 20.8 Å². The van der Waals surface area contributed by atoms with Gasteiger partial charge in [-0.15, -0.1) is 10.2 Å². The fourth-order valence-corrected chi connectivity index (χ4v) is 3.21. The van der Waals surface area contributed by atoms with Gasteiger partial charge in [0.05, 0.1) is 19.1 Å². The quantitative estimate of drug-likeness (QED) is 0.506. The number of methoxy groups -OCH3 is 1. The van der Waals surface area contributed by atoms with Crippen LogP contribution in [0.1, 0.15) is 6.92 Å². The molecule has 124 valence electrons. The molecule has 0 bridgehead atoms. The Hall–Kier alpha value is -2.25. The number of esters is 1. The van der Waals surface area contributed by atoms with Crippen molar-refractivity contribution < 1.29 is 13.9 Å². The Morgan fingerprint density at radius 2 is 2.17 bits per heavy atom. The summed E-state index contributed by atoms with van der Waals surface area (Å²) in [7, 11) is 1.36. The highest BCUT2D eigenvalue weighted by Crippen LogP contribution is 2.31. The number of benzene rings is 1. The number of thioether (sulfide) groups is 1. The summed E-state index contributed by atoms with van der Waals surface area (Å²) >= 11 is 7.36. The summed E-state index contributed by atoms with van der Waals surface area (Å²) in [5, 5.41) is 9.11. The number of carbonyl (C=O) groups excluding carboxylic acids is 1. The molecule has 2 aromatic heterocycles. The van der Waals surface area contributed by atoms with Crippen molar-refractivity contribution in [3.63, 3.8) is 0 Å². The van der Waals surface area contributed by atoms with Gasteiger partial charge in [0.1, 0.15) is 5.25 Å². The minimum absolute atomic E-state index is 0.333. The van der Waals surface area contributed by atoms with Crippen LogP contribution in [-0.4, -0.2) is 33.1 Å². The van der Waals surface area contributed by atoms with Crippen LogP contribution in [0.5, 0.6) is 0 Å². The molecule has 3 rings (SSSR count). The van der Waals surface area contributed by atoms with E-state index >= 15 is 0 Å². The van der Waals surface area contributed by atoms with Crippen LogP contribution in [0.2, 0.25) is 5.02 Å². The van der Waals surface area contributed by atoms with Gasteiger partial charge in [0.25, 0.3) is 0 Å². The fourth-order valence-electron chi connectivity index (χ4n) is 2.13. The first-order valence-electron chi connectivity index (χ1n) is 7.10. The molecule has 0 N–H and O–H groups in total. The van der Waals surface area contributed by atoms with Crippen LogP contribution < -0.4 is 0 Å². The third-order valence-electron chi connectivity index (χ3n) is 3.26. The summed E-state index contributed by atoms with van der Waals surface area (Å²) in [5.74, 6) is 0.766. The standard InChI is InChI=1S/C16H14ClN3O3S/c1-10(15(21)22-2)24-16-19-18-14(13-7-4-8-23-13)20(16)12-6-3-5-11(17)9-12/h3-10H,1-2H3. The number of halogens is 1. The molecule has 24 heavy (non-hydrogen) atoms. The average Bonchev–Trinajstić information content (AvgIpc) is 3.23. The van der Waals surface area contributed by atoms with Crippen molar-refractivity contribution >= 4 is 29.3 Å². The Morgan fingerprint density at radius 3 is 2.83 bits per heavy atom. The van der Waals surface area contributed by atoms with Gasteiger partial charge in [-0.05, 0) is 37.3 Å². The van der Waals surface area contributed by atoms with Crippen LogP contribution >= 0.6 is 23.4 Å². The molecule has 0 aliphatic heterocycles. The lowest BCUT2D eigenvalue weighted by Crippen LogP contribution is -2.15. The molecule has 0 saturated carbocycles. The highest BCUT2D eigenvalue weighted by molar-refractivity contribution is 8.00. The van der Waals surface area contributed by atoms with Crippen molar-refractivity contribution in [3.8, 4) is 17.3 Å². The molecular weight excluding hydrogens is 350 g/mol. The molecular formula is C16H14ClN3O3S. The molecule has 0 aliphatic carbocycles. The predicted molar refractivity (Wildman–Crippen MR) is 91.4 cm³/mol. The number of hydrogen-bond acceptors (Lipinski definition) is 6. The number of rotatable bonds is 5. The molecule has 0 saturated heterocycles. The summed E-state index contributed by atoms with van der Waals surface area (Å²) in [6, 6.07) is 10.9. The molecule has 8 heteroatoms. The zero-order valence-corrected chi connectivity index (χ0v) is 14.5. The van der Waals surface area contributed by atoms with E-state index < -0.39 is 5.25 Å². The third kappa shape index (κ3) is 3.32. The lowest BCUT2D eigenvalue weighted by molar-refractivity contribution is -0.139. The number of nitrogens with zero attached hydrogens (tertiary/aromatic N) is 3. The fraction of sp³-hybridized carbons (Fsp3) is 0.188. The predicted octanol–water partition coefficient (Wildman–Crippen LogP) is 3.83. The first-order chi connectivity index (χ1) is 11.6. The van der Waals surface area contributed by atoms with E-state index in [-0.39, 0.29) is 5.97 Å². The zero-order valence-electron chi connectivity index (χ0n) is 13.0. The first kappa shape index (κ1) is 16.6. The molecule has 0 aliphatic rings. The number of ether oxygens (including phenoxy) is 1. The van der Waals surface area contributed by atoms with Crippen molar-refractivity contribution in [2.45, 2.75) is 17.3 Å². The molecule has 0 spiro atoms. The zero-order chi connectivity index (χ0) is 17.1. The molecule has 1 unspecified atom stereocenters. The Kier molecular flexibility index (Phi) is 4.92. The van der Waals surface area contributed by atoms with Gasteiger partial charge in [0, 0.05) is 5.02 Å².